The van der Waals surface area contributed by atoms with Gasteiger partial charge in [-0.2, -0.15) is 0 Å². The Bertz CT molecular complexity index is 761. The molecule has 0 atom stereocenters. The Balaban J connectivity index is 1.81. The number of nitrogens with one attached hydrogen (secondary N) is 1. The average molecular weight is 356 g/mol. The van der Waals surface area contributed by atoms with Gasteiger partial charge in [0.2, 0.25) is 0 Å². The third kappa shape index (κ3) is 4.32. The first kappa shape index (κ1) is 18.2. The number of rotatable bonds is 4. The van der Waals surface area contributed by atoms with Crippen LogP contribution in [0.25, 0.3) is 0 Å². The molecule has 1 fully saturated rings. The van der Waals surface area contributed by atoms with Crippen molar-refractivity contribution in [1.82, 2.24) is 10.2 Å². The highest BCUT2D eigenvalue weighted by atomic mass is 16.5. The molecule has 2 aliphatic rings. The zero-order chi connectivity index (χ0) is 18.5. The Morgan fingerprint density at radius 2 is 1.88 bits per heavy atom. The fraction of sp³-hybridized carbons (Fsp3) is 0.400. The van der Waals surface area contributed by atoms with Crippen molar-refractivity contribution in [3.8, 4) is 0 Å². The van der Waals surface area contributed by atoms with Gasteiger partial charge in [-0.25, -0.2) is 0 Å². The molecular weight excluding hydrogens is 332 g/mol. The maximum absolute atomic E-state index is 12.9. The third-order valence-electron chi connectivity index (χ3n) is 4.56. The Kier molecular flexibility index (Phi) is 5.73. The summed E-state index contributed by atoms with van der Waals surface area (Å²) in [6.45, 7) is 6.57. The van der Waals surface area contributed by atoms with Gasteiger partial charge in [0.05, 0.1) is 19.8 Å². The third-order valence-corrected chi connectivity index (χ3v) is 4.56. The second-order valence-corrected chi connectivity index (χ2v) is 6.46. The molecule has 0 aliphatic carbocycles. The van der Waals surface area contributed by atoms with Crippen molar-refractivity contribution in [1.29, 1.82) is 0 Å². The summed E-state index contributed by atoms with van der Waals surface area (Å²) >= 11 is 0. The van der Waals surface area contributed by atoms with E-state index in [1.54, 1.807) is 17.0 Å². The molecule has 6 nitrogen and oxygen atoms in total. The molecule has 1 aromatic carbocycles. The molecule has 1 aromatic rings. The maximum Gasteiger partial charge on any atom is 0.270 e. The van der Waals surface area contributed by atoms with Gasteiger partial charge in [-0.15, -0.1) is 0 Å². The van der Waals surface area contributed by atoms with E-state index in [0.717, 1.165) is 17.5 Å². The lowest BCUT2D eigenvalue weighted by Crippen LogP contribution is -2.44. The predicted octanol–water partition coefficient (Wildman–Crippen LogP) is 2.08. The number of aryl methyl sites for hydroxylation is 2. The van der Waals surface area contributed by atoms with E-state index < -0.39 is 0 Å². The van der Waals surface area contributed by atoms with Gasteiger partial charge < -0.3 is 19.7 Å². The number of amides is 2. The molecule has 2 heterocycles. The highest BCUT2D eigenvalue weighted by Gasteiger charge is 2.23. The van der Waals surface area contributed by atoms with Crippen LogP contribution in [-0.2, 0) is 14.3 Å². The van der Waals surface area contributed by atoms with Crippen LogP contribution in [0.3, 0.4) is 0 Å². The lowest BCUT2D eigenvalue weighted by atomic mass is 10.1. The van der Waals surface area contributed by atoms with Crippen molar-refractivity contribution < 1.29 is 19.1 Å². The normalized spacial score (nSPS) is 17.5. The molecule has 3 rings (SSSR count). The van der Waals surface area contributed by atoms with Crippen LogP contribution in [0.2, 0.25) is 0 Å². The Labute approximate surface area is 153 Å². The maximum atomic E-state index is 12.9. The van der Waals surface area contributed by atoms with Crippen LogP contribution in [0.4, 0.5) is 0 Å². The lowest BCUT2D eigenvalue weighted by molar-refractivity contribution is -0.131. The number of allylic oxidation sites excluding steroid dienone is 1. The molecule has 138 valence electrons. The zero-order valence-corrected chi connectivity index (χ0v) is 15.2. The number of nitrogens with zero attached hydrogens (tertiary/aromatic N) is 1. The number of ether oxygens (including phenoxy) is 2. The SMILES string of the molecule is Cc1ccc(C(=O)N/C(=C\C2=CCCO2)C(=O)N2CCOCC2)cc1C. The predicted molar refractivity (Wildman–Crippen MR) is 97.5 cm³/mol. The molecule has 2 aliphatic heterocycles. The van der Waals surface area contributed by atoms with E-state index in [0.29, 0.717) is 44.2 Å². The van der Waals surface area contributed by atoms with E-state index in [1.165, 1.54) is 0 Å². The minimum absolute atomic E-state index is 0.220. The van der Waals surface area contributed by atoms with Crippen LogP contribution < -0.4 is 5.32 Å². The van der Waals surface area contributed by atoms with Crippen LogP contribution in [-0.4, -0.2) is 49.6 Å². The first-order chi connectivity index (χ1) is 12.5. The van der Waals surface area contributed by atoms with Gasteiger partial charge in [-0.05, 0) is 43.2 Å². The van der Waals surface area contributed by atoms with Crippen molar-refractivity contribution in [2.45, 2.75) is 20.3 Å². The number of hydrogen-bond acceptors (Lipinski definition) is 4. The van der Waals surface area contributed by atoms with Gasteiger partial charge in [0, 0.05) is 31.1 Å². The second-order valence-electron chi connectivity index (χ2n) is 6.46. The molecule has 0 radical (unpaired) electrons. The standard InChI is InChI=1S/C20H24N2O4/c1-14-5-6-16(12-15(14)2)19(23)21-18(13-17-4-3-9-26-17)20(24)22-7-10-25-11-8-22/h4-6,12-13H,3,7-11H2,1-2H3,(H,21,23)/b18-13-. The van der Waals surface area contributed by atoms with Crippen LogP contribution >= 0.6 is 0 Å². The molecule has 0 spiro atoms. The summed E-state index contributed by atoms with van der Waals surface area (Å²) in [6, 6.07) is 5.49. The summed E-state index contributed by atoms with van der Waals surface area (Å²) in [7, 11) is 0. The zero-order valence-electron chi connectivity index (χ0n) is 15.2. The van der Waals surface area contributed by atoms with E-state index in [2.05, 4.69) is 5.32 Å². The molecule has 1 N–H and O–H groups in total. The topological polar surface area (TPSA) is 67.9 Å². The van der Waals surface area contributed by atoms with Crippen LogP contribution in [0, 0.1) is 13.8 Å². The number of hydrogen-bond donors (Lipinski definition) is 1. The van der Waals surface area contributed by atoms with Crippen molar-refractivity contribution in [3.05, 3.63) is 58.5 Å². The fourth-order valence-electron chi connectivity index (χ4n) is 2.84. The van der Waals surface area contributed by atoms with E-state index in [1.807, 2.05) is 32.1 Å². The quantitative estimate of drug-likeness (QED) is 0.839. The van der Waals surface area contributed by atoms with E-state index in [4.69, 9.17) is 9.47 Å². The van der Waals surface area contributed by atoms with Crippen LogP contribution in [0.1, 0.15) is 27.9 Å². The van der Waals surface area contributed by atoms with Gasteiger partial charge in [0.1, 0.15) is 11.5 Å². The van der Waals surface area contributed by atoms with Gasteiger partial charge >= 0.3 is 0 Å². The summed E-state index contributed by atoms with van der Waals surface area (Å²) in [4.78, 5) is 27.2. The first-order valence-electron chi connectivity index (χ1n) is 8.85. The van der Waals surface area contributed by atoms with Crippen molar-refractivity contribution in [2.24, 2.45) is 0 Å². The van der Waals surface area contributed by atoms with Crippen LogP contribution in [0.15, 0.2) is 41.8 Å². The number of carbonyl (C=O) groups excluding carboxylic acids is 2. The Morgan fingerprint density at radius 3 is 2.54 bits per heavy atom. The lowest BCUT2D eigenvalue weighted by Gasteiger charge is -2.27. The highest BCUT2D eigenvalue weighted by Crippen LogP contribution is 2.15. The Hall–Kier alpha value is -2.60. The minimum Gasteiger partial charge on any atom is -0.494 e. The molecule has 0 bridgehead atoms. The summed E-state index contributed by atoms with van der Waals surface area (Å²) in [5, 5.41) is 2.77. The Morgan fingerprint density at radius 1 is 1.12 bits per heavy atom. The largest absolute Gasteiger partial charge is 0.494 e. The second kappa shape index (κ2) is 8.19. The molecule has 0 unspecified atom stereocenters. The van der Waals surface area contributed by atoms with Gasteiger partial charge in [0.25, 0.3) is 11.8 Å². The molecule has 6 heteroatoms. The number of carbonyl (C=O) groups is 2. The monoisotopic (exact) mass is 356 g/mol. The van der Waals surface area contributed by atoms with E-state index in [-0.39, 0.29) is 17.5 Å². The first-order valence-corrected chi connectivity index (χ1v) is 8.85. The number of benzene rings is 1. The van der Waals surface area contributed by atoms with Gasteiger partial charge in [-0.1, -0.05) is 6.07 Å². The molecule has 0 saturated carbocycles. The van der Waals surface area contributed by atoms with E-state index in [9.17, 15) is 9.59 Å². The highest BCUT2D eigenvalue weighted by molar-refractivity contribution is 6.03. The fourth-order valence-corrected chi connectivity index (χ4v) is 2.84. The van der Waals surface area contributed by atoms with Crippen molar-refractivity contribution >= 4 is 11.8 Å². The average Bonchev–Trinajstić information content (AvgIpc) is 3.16. The molecule has 2 amide bonds. The van der Waals surface area contributed by atoms with Crippen molar-refractivity contribution in [3.63, 3.8) is 0 Å². The molecule has 0 aromatic heterocycles. The molecular formula is C20H24N2O4. The van der Waals surface area contributed by atoms with Crippen molar-refractivity contribution in [2.75, 3.05) is 32.9 Å². The minimum atomic E-state index is -0.306. The molecule has 1 saturated heterocycles. The van der Waals surface area contributed by atoms with Gasteiger partial charge in [0.15, 0.2) is 0 Å². The summed E-state index contributed by atoms with van der Waals surface area (Å²) < 4.78 is 10.8. The molecule has 26 heavy (non-hydrogen) atoms. The summed E-state index contributed by atoms with van der Waals surface area (Å²) in [6.07, 6.45) is 4.33. The van der Waals surface area contributed by atoms with Gasteiger partial charge in [-0.3, -0.25) is 9.59 Å². The summed E-state index contributed by atoms with van der Waals surface area (Å²) in [5.74, 6) is 0.0865. The summed E-state index contributed by atoms with van der Waals surface area (Å²) in [5.41, 5.74) is 2.90. The van der Waals surface area contributed by atoms with E-state index >= 15 is 0 Å². The van der Waals surface area contributed by atoms with Crippen LogP contribution in [0.5, 0.6) is 0 Å². The smallest absolute Gasteiger partial charge is 0.270 e. The number of morpholine rings is 1.